The molecule has 4 nitrogen and oxygen atoms in total. The summed E-state index contributed by atoms with van der Waals surface area (Å²) in [7, 11) is 0. The van der Waals surface area contributed by atoms with Crippen LogP contribution in [0.4, 0.5) is 0 Å². The summed E-state index contributed by atoms with van der Waals surface area (Å²) >= 11 is 3.29. The average molecular weight is 255 g/mol. The molecule has 0 aromatic carbocycles. The number of rotatable bonds is 0. The fourth-order valence-corrected chi connectivity index (χ4v) is 1.86. The van der Waals surface area contributed by atoms with Crippen LogP contribution < -0.4 is 5.56 Å². The van der Waals surface area contributed by atoms with Crippen molar-refractivity contribution in [3.05, 3.63) is 38.7 Å². The number of aromatic nitrogens is 2. The van der Waals surface area contributed by atoms with Crippen LogP contribution in [0.25, 0.3) is 5.65 Å². The Bertz CT molecular complexity index is 562. The molecule has 0 fully saturated rings. The highest BCUT2D eigenvalue weighted by atomic mass is 79.9. The van der Waals surface area contributed by atoms with Crippen LogP contribution in [0.15, 0.2) is 27.6 Å². The van der Waals surface area contributed by atoms with E-state index in [1.807, 2.05) is 13.0 Å². The van der Waals surface area contributed by atoms with Crippen molar-refractivity contribution in [2.24, 2.45) is 0 Å². The van der Waals surface area contributed by atoms with Crippen LogP contribution in [0.5, 0.6) is 5.88 Å². The van der Waals surface area contributed by atoms with Crippen molar-refractivity contribution in [2.75, 3.05) is 0 Å². The minimum atomic E-state index is -0.295. The van der Waals surface area contributed by atoms with Crippen LogP contribution >= 0.6 is 15.9 Å². The molecule has 2 aromatic rings. The molecule has 0 saturated heterocycles. The number of nitrogens with zero attached hydrogens (tertiary/aromatic N) is 2. The second-order valence-electron chi connectivity index (χ2n) is 2.99. The first-order valence-electron chi connectivity index (χ1n) is 3.96. The molecule has 14 heavy (non-hydrogen) atoms. The summed E-state index contributed by atoms with van der Waals surface area (Å²) in [6.45, 7) is 1.83. The third kappa shape index (κ3) is 1.39. The molecule has 0 unspecified atom stereocenters. The van der Waals surface area contributed by atoms with Gasteiger partial charge in [-0.15, -0.1) is 0 Å². The molecule has 0 saturated carbocycles. The van der Waals surface area contributed by atoms with Gasteiger partial charge in [-0.3, -0.25) is 9.20 Å². The molecule has 5 heteroatoms. The van der Waals surface area contributed by atoms with Gasteiger partial charge < -0.3 is 5.11 Å². The fraction of sp³-hybridized carbons (Fsp3) is 0.111. The summed E-state index contributed by atoms with van der Waals surface area (Å²) in [6.07, 6.45) is 1.62. The van der Waals surface area contributed by atoms with Gasteiger partial charge in [0.2, 0.25) is 5.88 Å². The molecule has 0 amide bonds. The number of pyridine rings is 1. The Kier molecular flexibility index (Phi) is 2.03. The smallest absolute Gasteiger partial charge is 0.261 e. The van der Waals surface area contributed by atoms with Gasteiger partial charge in [-0.1, -0.05) is 0 Å². The van der Waals surface area contributed by atoms with E-state index >= 15 is 0 Å². The molecule has 0 aliphatic rings. The van der Waals surface area contributed by atoms with Crippen molar-refractivity contribution < 1.29 is 5.11 Å². The monoisotopic (exact) mass is 254 g/mol. The lowest BCUT2D eigenvalue weighted by atomic mass is 10.3. The average Bonchev–Trinajstić information content (AvgIpc) is 2.07. The Morgan fingerprint density at radius 3 is 2.93 bits per heavy atom. The van der Waals surface area contributed by atoms with Crippen molar-refractivity contribution in [3.63, 3.8) is 0 Å². The lowest BCUT2D eigenvalue weighted by molar-refractivity contribution is 0.452. The van der Waals surface area contributed by atoms with Crippen molar-refractivity contribution in [3.8, 4) is 5.88 Å². The van der Waals surface area contributed by atoms with Gasteiger partial charge in [0, 0.05) is 10.7 Å². The highest BCUT2D eigenvalue weighted by Gasteiger charge is 2.04. The number of hydrogen-bond acceptors (Lipinski definition) is 3. The van der Waals surface area contributed by atoms with Crippen LogP contribution in [0.3, 0.4) is 0 Å². The zero-order valence-corrected chi connectivity index (χ0v) is 8.95. The van der Waals surface area contributed by atoms with E-state index in [1.54, 1.807) is 6.20 Å². The maximum atomic E-state index is 11.4. The van der Waals surface area contributed by atoms with Gasteiger partial charge >= 0.3 is 0 Å². The van der Waals surface area contributed by atoms with E-state index in [-0.39, 0.29) is 11.4 Å². The summed E-state index contributed by atoms with van der Waals surface area (Å²) < 4.78 is 2.19. The Morgan fingerprint density at radius 1 is 1.50 bits per heavy atom. The van der Waals surface area contributed by atoms with Crippen LogP contribution in [-0.4, -0.2) is 14.5 Å². The predicted octanol–water partition coefficient (Wildman–Crippen LogP) is 1.47. The summed E-state index contributed by atoms with van der Waals surface area (Å²) in [5, 5.41) is 9.17. The standard InChI is InChI=1S/C9H7BrN2O2/c1-5-2-6(10)4-12-8(14)3-7(13)11-9(5)12/h2-4,13H,1H3. The van der Waals surface area contributed by atoms with Gasteiger partial charge in [0.15, 0.2) is 0 Å². The molecular weight excluding hydrogens is 248 g/mol. The second-order valence-corrected chi connectivity index (χ2v) is 3.90. The fourth-order valence-electron chi connectivity index (χ4n) is 1.31. The zero-order chi connectivity index (χ0) is 10.3. The molecule has 2 heterocycles. The minimum Gasteiger partial charge on any atom is -0.493 e. The summed E-state index contributed by atoms with van der Waals surface area (Å²) in [5.41, 5.74) is 1.00. The number of aryl methyl sites for hydroxylation is 1. The van der Waals surface area contributed by atoms with Gasteiger partial charge in [0.1, 0.15) is 5.65 Å². The van der Waals surface area contributed by atoms with Gasteiger partial charge in [-0.25, -0.2) is 0 Å². The number of hydrogen-bond donors (Lipinski definition) is 1. The number of fused-ring (bicyclic) bond motifs is 1. The molecule has 2 aromatic heterocycles. The van der Waals surface area contributed by atoms with E-state index in [4.69, 9.17) is 5.11 Å². The SMILES string of the molecule is Cc1cc(Br)cn2c(=O)cc(O)nc12. The minimum absolute atomic E-state index is 0.250. The van der Waals surface area contributed by atoms with Crippen LogP contribution in [0.2, 0.25) is 0 Å². The summed E-state index contributed by atoms with van der Waals surface area (Å²) in [6, 6.07) is 2.92. The largest absolute Gasteiger partial charge is 0.493 e. The molecule has 0 bridgehead atoms. The maximum Gasteiger partial charge on any atom is 0.261 e. The van der Waals surface area contributed by atoms with E-state index in [1.165, 1.54) is 4.40 Å². The summed E-state index contributed by atoms with van der Waals surface area (Å²) in [5.74, 6) is -0.250. The Labute approximate surface area is 88.0 Å². The molecule has 72 valence electrons. The highest BCUT2D eigenvalue weighted by molar-refractivity contribution is 9.10. The third-order valence-corrected chi connectivity index (χ3v) is 2.33. The van der Waals surface area contributed by atoms with E-state index in [0.717, 1.165) is 16.1 Å². The van der Waals surface area contributed by atoms with Crippen LogP contribution in [-0.2, 0) is 0 Å². The Balaban J connectivity index is 3.02. The lowest BCUT2D eigenvalue weighted by Gasteiger charge is -2.03. The predicted molar refractivity (Wildman–Crippen MR) is 55.6 cm³/mol. The molecule has 2 rings (SSSR count). The van der Waals surface area contributed by atoms with E-state index in [2.05, 4.69) is 20.9 Å². The zero-order valence-electron chi connectivity index (χ0n) is 7.36. The van der Waals surface area contributed by atoms with E-state index in [9.17, 15) is 4.79 Å². The topological polar surface area (TPSA) is 54.6 Å². The molecule has 0 aliphatic carbocycles. The van der Waals surface area contributed by atoms with Gasteiger partial charge in [-0.05, 0) is 34.5 Å². The van der Waals surface area contributed by atoms with Crippen molar-refractivity contribution in [2.45, 2.75) is 6.92 Å². The first-order chi connectivity index (χ1) is 6.58. The first kappa shape index (κ1) is 9.21. The van der Waals surface area contributed by atoms with Crippen molar-refractivity contribution >= 4 is 21.6 Å². The van der Waals surface area contributed by atoms with E-state index < -0.39 is 0 Å². The number of aromatic hydroxyl groups is 1. The van der Waals surface area contributed by atoms with Gasteiger partial charge in [0.05, 0.1) is 6.07 Å². The van der Waals surface area contributed by atoms with E-state index in [0.29, 0.717) is 5.65 Å². The third-order valence-electron chi connectivity index (χ3n) is 1.90. The molecule has 0 radical (unpaired) electrons. The maximum absolute atomic E-state index is 11.4. The number of halogens is 1. The Hall–Kier alpha value is -1.36. The quantitative estimate of drug-likeness (QED) is 0.775. The normalized spacial score (nSPS) is 10.7. The summed E-state index contributed by atoms with van der Waals surface area (Å²) in [4.78, 5) is 15.3. The van der Waals surface area contributed by atoms with Crippen molar-refractivity contribution in [1.29, 1.82) is 0 Å². The highest BCUT2D eigenvalue weighted by Crippen LogP contribution is 2.15. The first-order valence-corrected chi connectivity index (χ1v) is 4.76. The Morgan fingerprint density at radius 2 is 2.21 bits per heavy atom. The second kappa shape index (κ2) is 3.09. The molecular formula is C9H7BrN2O2. The molecule has 0 spiro atoms. The molecule has 1 N–H and O–H groups in total. The van der Waals surface area contributed by atoms with Gasteiger partial charge in [0.25, 0.3) is 5.56 Å². The van der Waals surface area contributed by atoms with Crippen LogP contribution in [0, 0.1) is 6.92 Å². The van der Waals surface area contributed by atoms with Crippen LogP contribution in [0.1, 0.15) is 5.56 Å². The molecule has 0 atom stereocenters. The van der Waals surface area contributed by atoms with Gasteiger partial charge in [-0.2, -0.15) is 4.98 Å². The lowest BCUT2D eigenvalue weighted by Crippen LogP contribution is -2.13. The molecule has 0 aliphatic heterocycles. The van der Waals surface area contributed by atoms with Crippen molar-refractivity contribution in [1.82, 2.24) is 9.38 Å².